The summed E-state index contributed by atoms with van der Waals surface area (Å²) in [6.45, 7) is 3.64. The lowest BCUT2D eigenvalue weighted by Gasteiger charge is -2.14. The van der Waals surface area contributed by atoms with Crippen molar-refractivity contribution < 1.29 is 9.13 Å². The highest BCUT2D eigenvalue weighted by Gasteiger charge is 2.11. The van der Waals surface area contributed by atoms with Crippen LogP contribution in [0.15, 0.2) is 18.2 Å². The van der Waals surface area contributed by atoms with Gasteiger partial charge in [-0.1, -0.05) is 0 Å². The first-order valence-corrected chi connectivity index (χ1v) is 5.84. The molecule has 1 heterocycles. The van der Waals surface area contributed by atoms with Crippen LogP contribution in [0, 0.1) is 17.1 Å². The molecule has 1 aromatic rings. The molecule has 1 fully saturated rings. The zero-order chi connectivity index (χ0) is 12.1. The highest BCUT2D eigenvalue weighted by atomic mass is 19.1. The van der Waals surface area contributed by atoms with Gasteiger partial charge in [0.15, 0.2) is 0 Å². The van der Waals surface area contributed by atoms with Crippen molar-refractivity contribution in [2.75, 3.05) is 26.2 Å². The van der Waals surface area contributed by atoms with Gasteiger partial charge in [-0.3, -0.25) is 4.90 Å². The quantitative estimate of drug-likeness (QED) is 0.801. The molecule has 1 aliphatic rings. The molecule has 90 valence electrons. The van der Waals surface area contributed by atoms with Crippen LogP contribution in [0.3, 0.4) is 0 Å². The smallest absolute Gasteiger partial charge is 0.128 e. The molecule has 4 heteroatoms. The Labute approximate surface area is 100 Å². The van der Waals surface area contributed by atoms with E-state index < -0.39 is 5.82 Å². The molecular weight excluding hydrogens is 219 g/mol. The van der Waals surface area contributed by atoms with Crippen LogP contribution in [0.1, 0.15) is 18.4 Å². The molecule has 1 saturated heterocycles. The van der Waals surface area contributed by atoms with Crippen molar-refractivity contribution in [1.29, 1.82) is 5.26 Å². The highest BCUT2D eigenvalue weighted by Crippen LogP contribution is 2.16. The largest absolute Gasteiger partial charge is 0.492 e. The molecule has 0 bridgehead atoms. The van der Waals surface area contributed by atoms with Crippen molar-refractivity contribution in [2.24, 2.45) is 0 Å². The van der Waals surface area contributed by atoms with Crippen molar-refractivity contribution in [3.63, 3.8) is 0 Å². The Balaban J connectivity index is 1.85. The van der Waals surface area contributed by atoms with E-state index in [4.69, 9.17) is 10.00 Å². The summed E-state index contributed by atoms with van der Waals surface area (Å²) < 4.78 is 18.6. The summed E-state index contributed by atoms with van der Waals surface area (Å²) in [7, 11) is 0. The average Bonchev–Trinajstić information content (AvgIpc) is 2.81. The summed E-state index contributed by atoms with van der Waals surface area (Å²) in [6.07, 6.45) is 2.50. The van der Waals surface area contributed by atoms with Gasteiger partial charge in [-0.15, -0.1) is 0 Å². The minimum Gasteiger partial charge on any atom is -0.492 e. The lowest BCUT2D eigenvalue weighted by Crippen LogP contribution is -2.25. The fourth-order valence-electron chi connectivity index (χ4n) is 2.01. The molecule has 0 aliphatic carbocycles. The number of likely N-dealkylation sites (tertiary alicyclic amines) is 1. The summed E-state index contributed by atoms with van der Waals surface area (Å²) in [5.74, 6) is 0.000898. The topological polar surface area (TPSA) is 36.3 Å². The van der Waals surface area contributed by atoms with E-state index in [0.717, 1.165) is 19.6 Å². The van der Waals surface area contributed by atoms with Crippen LogP contribution in [0.2, 0.25) is 0 Å². The van der Waals surface area contributed by atoms with Crippen molar-refractivity contribution >= 4 is 0 Å². The number of nitrogens with zero attached hydrogens (tertiary/aromatic N) is 2. The van der Waals surface area contributed by atoms with E-state index in [9.17, 15) is 4.39 Å². The lowest BCUT2D eigenvalue weighted by molar-refractivity contribution is 0.237. The molecule has 2 rings (SSSR count). The molecule has 17 heavy (non-hydrogen) atoms. The van der Waals surface area contributed by atoms with Gasteiger partial charge in [0, 0.05) is 12.6 Å². The maximum atomic E-state index is 13.1. The molecule has 1 aromatic carbocycles. The van der Waals surface area contributed by atoms with Gasteiger partial charge in [0.25, 0.3) is 0 Å². The van der Waals surface area contributed by atoms with Crippen LogP contribution in [0.25, 0.3) is 0 Å². The number of hydrogen-bond donors (Lipinski definition) is 0. The number of nitriles is 1. The van der Waals surface area contributed by atoms with Crippen molar-refractivity contribution in [2.45, 2.75) is 12.8 Å². The van der Waals surface area contributed by atoms with Gasteiger partial charge in [-0.05, 0) is 38.1 Å². The number of ether oxygens (including phenoxy) is 1. The lowest BCUT2D eigenvalue weighted by atomic mass is 10.2. The van der Waals surface area contributed by atoms with E-state index in [2.05, 4.69) is 4.90 Å². The van der Waals surface area contributed by atoms with E-state index in [0.29, 0.717) is 17.9 Å². The third kappa shape index (κ3) is 3.43. The monoisotopic (exact) mass is 234 g/mol. The van der Waals surface area contributed by atoms with Gasteiger partial charge in [0.2, 0.25) is 0 Å². The third-order valence-electron chi connectivity index (χ3n) is 2.88. The molecule has 0 amide bonds. The highest BCUT2D eigenvalue weighted by molar-refractivity contribution is 5.36. The second-order valence-corrected chi connectivity index (χ2v) is 4.18. The third-order valence-corrected chi connectivity index (χ3v) is 2.88. The SMILES string of the molecule is N#Cc1cc(F)cc(OCCN2CCCC2)c1. The zero-order valence-corrected chi connectivity index (χ0v) is 9.66. The Bertz CT molecular complexity index is 422. The molecular formula is C13H15FN2O. The van der Waals surface area contributed by atoms with Gasteiger partial charge in [0.05, 0.1) is 11.6 Å². The van der Waals surface area contributed by atoms with Crippen LogP contribution in [0.5, 0.6) is 5.75 Å². The Morgan fingerprint density at radius 1 is 1.29 bits per heavy atom. The van der Waals surface area contributed by atoms with Crippen LogP contribution in [-0.2, 0) is 0 Å². The maximum absolute atomic E-state index is 13.1. The summed E-state index contributed by atoms with van der Waals surface area (Å²) in [5.41, 5.74) is 0.293. The van der Waals surface area contributed by atoms with E-state index in [1.807, 2.05) is 6.07 Å². The summed E-state index contributed by atoms with van der Waals surface area (Å²) in [6, 6.07) is 5.98. The van der Waals surface area contributed by atoms with Gasteiger partial charge in [0.1, 0.15) is 18.2 Å². The normalized spacial score (nSPS) is 15.8. The van der Waals surface area contributed by atoms with Crippen molar-refractivity contribution in [3.05, 3.63) is 29.6 Å². The Hall–Kier alpha value is -1.60. The number of rotatable bonds is 4. The van der Waals surface area contributed by atoms with Crippen LogP contribution < -0.4 is 4.74 Å². The van der Waals surface area contributed by atoms with E-state index in [1.165, 1.54) is 25.0 Å². The fourth-order valence-corrected chi connectivity index (χ4v) is 2.01. The minimum atomic E-state index is -0.430. The molecule has 0 spiro atoms. The number of halogens is 1. The second kappa shape index (κ2) is 5.65. The summed E-state index contributed by atoms with van der Waals surface area (Å²) >= 11 is 0. The molecule has 0 saturated carbocycles. The Kier molecular flexibility index (Phi) is 3.94. The van der Waals surface area contributed by atoms with Crippen LogP contribution in [-0.4, -0.2) is 31.1 Å². The number of hydrogen-bond acceptors (Lipinski definition) is 3. The van der Waals surface area contributed by atoms with Crippen LogP contribution >= 0.6 is 0 Å². The molecule has 0 aromatic heterocycles. The van der Waals surface area contributed by atoms with Gasteiger partial charge < -0.3 is 4.74 Å². The molecule has 1 aliphatic heterocycles. The fraction of sp³-hybridized carbons (Fsp3) is 0.462. The van der Waals surface area contributed by atoms with Crippen LogP contribution in [0.4, 0.5) is 4.39 Å². The van der Waals surface area contributed by atoms with Gasteiger partial charge in [-0.2, -0.15) is 5.26 Å². The second-order valence-electron chi connectivity index (χ2n) is 4.18. The predicted octanol–water partition coefficient (Wildman–Crippen LogP) is 2.17. The van der Waals surface area contributed by atoms with Gasteiger partial charge in [-0.25, -0.2) is 4.39 Å². The summed E-state index contributed by atoms with van der Waals surface area (Å²) in [5, 5.41) is 8.70. The standard InChI is InChI=1S/C13H15FN2O/c14-12-7-11(10-15)8-13(9-12)17-6-5-16-3-1-2-4-16/h7-9H,1-6H2. The van der Waals surface area contributed by atoms with Crippen molar-refractivity contribution in [3.8, 4) is 11.8 Å². The molecule has 0 radical (unpaired) electrons. The first kappa shape index (κ1) is 11.9. The molecule has 0 N–H and O–H groups in total. The van der Waals surface area contributed by atoms with Gasteiger partial charge >= 0.3 is 0 Å². The average molecular weight is 234 g/mol. The molecule has 0 atom stereocenters. The summed E-state index contributed by atoms with van der Waals surface area (Å²) in [4.78, 5) is 2.32. The first-order valence-electron chi connectivity index (χ1n) is 5.84. The van der Waals surface area contributed by atoms with Crippen molar-refractivity contribution in [1.82, 2.24) is 4.90 Å². The number of benzene rings is 1. The van der Waals surface area contributed by atoms with E-state index >= 15 is 0 Å². The first-order chi connectivity index (χ1) is 8.28. The molecule has 0 unspecified atom stereocenters. The minimum absolute atomic E-state index is 0.293. The van der Waals surface area contributed by atoms with E-state index in [-0.39, 0.29) is 0 Å². The molecule has 3 nitrogen and oxygen atoms in total. The van der Waals surface area contributed by atoms with E-state index in [1.54, 1.807) is 6.07 Å². The Morgan fingerprint density at radius 3 is 2.76 bits per heavy atom. The zero-order valence-electron chi connectivity index (χ0n) is 9.66. The Morgan fingerprint density at radius 2 is 2.06 bits per heavy atom. The maximum Gasteiger partial charge on any atom is 0.128 e. The predicted molar refractivity (Wildman–Crippen MR) is 62.3 cm³/mol.